The van der Waals surface area contributed by atoms with Crippen LogP contribution in [0.5, 0.6) is 5.75 Å². The Bertz CT molecular complexity index is 1010. The van der Waals surface area contributed by atoms with Gasteiger partial charge in [0.05, 0.1) is 11.3 Å². The van der Waals surface area contributed by atoms with Gasteiger partial charge in [0.2, 0.25) is 0 Å². The molecule has 2 aromatic rings. The lowest BCUT2D eigenvalue weighted by Gasteiger charge is -2.25. The zero-order valence-corrected chi connectivity index (χ0v) is 18.3. The number of alkyl halides is 3. The van der Waals surface area contributed by atoms with Crippen LogP contribution in [0.3, 0.4) is 0 Å². The molecule has 10 heteroatoms. The average Bonchev–Trinajstić information content (AvgIpc) is 2.66. The molecule has 0 aromatic heterocycles. The lowest BCUT2D eigenvalue weighted by Crippen LogP contribution is -2.37. The minimum absolute atomic E-state index is 0.0275. The van der Waals surface area contributed by atoms with Gasteiger partial charge in [0.15, 0.2) is 0 Å². The summed E-state index contributed by atoms with van der Waals surface area (Å²) in [5.41, 5.74) is -0.217. The molecule has 0 aliphatic heterocycles. The van der Waals surface area contributed by atoms with Gasteiger partial charge in [0.1, 0.15) is 5.75 Å². The molecule has 0 radical (unpaired) electrons. The summed E-state index contributed by atoms with van der Waals surface area (Å²) in [5, 5.41) is 2.50. The summed E-state index contributed by atoms with van der Waals surface area (Å²) in [6, 6.07) is 10.1. The smallest absolute Gasteiger partial charge is 0.382 e. The first kappa shape index (κ1) is 24.5. The summed E-state index contributed by atoms with van der Waals surface area (Å²) in [6.07, 6.45) is -4.52. The molecule has 2 rings (SSSR count). The molecule has 0 heterocycles. The molecule has 0 aliphatic carbocycles. The minimum Gasteiger partial charge on any atom is -0.382 e. The zero-order valence-electron chi connectivity index (χ0n) is 17.4. The fourth-order valence-corrected chi connectivity index (χ4v) is 3.27. The number of nitrogens with zero attached hydrogens (tertiary/aromatic N) is 1. The van der Waals surface area contributed by atoms with Crippen molar-refractivity contribution >= 4 is 21.8 Å². The predicted molar refractivity (Wildman–Crippen MR) is 112 cm³/mol. The van der Waals surface area contributed by atoms with Gasteiger partial charge in [-0.05, 0) is 48.7 Å². The molecule has 0 bridgehead atoms. The number of carbonyl (C=O) groups excluding carboxylic acids is 1. The molecule has 0 fully saturated rings. The van der Waals surface area contributed by atoms with Gasteiger partial charge in [0.25, 0.3) is 0 Å². The predicted octanol–water partition coefficient (Wildman–Crippen LogP) is 5.12. The topological polar surface area (TPSA) is 75.7 Å². The Labute approximate surface area is 180 Å². The molecule has 1 N–H and O–H groups in total. The third-order valence-electron chi connectivity index (χ3n) is 4.16. The van der Waals surface area contributed by atoms with Crippen molar-refractivity contribution in [2.75, 3.05) is 17.6 Å². The maximum absolute atomic E-state index is 12.9. The molecule has 170 valence electrons. The van der Waals surface area contributed by atoms with Crippen LogP contribution >= 0.6 is 0 Å². The van der Waals surface area contributed by atoms with Crippen molar-refractivity contribution in [3.05, 3.63) is 59.7 Å². The molecule has 0 aliphatic rings. The van der Waals surface area contributed by atoms with E-state index >= 15 is 0 Å². The Hall–Kier alpha value is -2.75. The summed E-state index contributed by atoms with van der Waals surface area (Å²) in [5.74, 6) is 0.0325. The van der Waals surface area contributed by atoms with Gasteiger partial charge in [-0.15, -0.1) is 0 Å². The lowest BCUT2D eigenvalue weighted by molar-refractivity contribution is -0.137. The van der Waals surface area contributed by atoms with Gasteiger partial charge in [-0.25, -0.2) is 4.79 Å². The Morgan fingerprint density at radius 1 is 1.13 bits per heavy atom. The van der Waals surface area contributed by atoms with Gasteiger partial charge in [0, 0.05) is 18.8 Å². The van der Waals surface area contributed by atoms with Crippen LogP contribution in [-0.4, -0.2) is 31.6 Å². The van der Waals surface area contributed by atoms with E-state index in [2.05, 4.69) is 5.32 Å². The summed E-state index contributed by atoms with van der Waals surface area (Å²) < 4.78 is 67.1. The van der Waals surface area contributed by atoms with Gasteiger partial charge >= 0.3 is 22.3 Å². The average molecular weight is 459 g/mol. The van der Waals surface area contributed by atoms with Gasteiger partial charge in [-0.3, -0.25) is 0 Å². The largest absolute Gasteiger partial charge is 0.416 e. The second-order valence-electron chi connectivity index (χ2n) is 7.36. The number of hydrogen-bond donors (Lipinski definition) is 1. The first-order chi connectivity index (χ1) is 14.4. The maximum Gasteiger partial charge on any atom is 0.416 e. The number of carbonyl (C=O) groups is 1. The van der Waals surface area contributed by atoms with E-state index in [-0.39, 0.29) is 29.7 Å². The number of rotatable bonds is 8. The Kier molecular flexibility index (Phi) is 7.94. The van der Waals surface area contributed by atoms with Crippen molar-refractivity contribution in [2.45, 2.75) is 33.5 Å². The standard InChI is InChI=1S/C21H25F3N2O4S/c1-4-31(28,29)30-19-10-5-7-16(11-19)14-26(13-15(2)3)20(27)25-18-9-6-8-17(12-18)21(22,23)24/h5-12,15H,4,13-14H2,1-3H3,(H,25,27). The van der Waals surface area contributed by atoms with E-state index in [1.807, 2.05) is 13.8 Å². The molecule has 0 unspecified atom stereocenters. The molecule has 31 heavy (non-hydrogen) atoms. The summed E-state index contributed by atoms with van der Waals surface area (Å²) >= 11 is 0. The third kappa shape index (κ3) is 7.78. The van der Waals surface area contributed by atoms with Gasteiger partial charge in [-0.1, -0.05) is 32.0 Å². The van der Waals surface area contributed by atoms with Gasteiger partial charge < -0.3 is 14.4 Å². The number of halogens is 3. The number of anilines is 1. The van der Waals surface area contributed by atoms with Crippen molar-refractivity contribution in [2.24, 2.45) is 5.92 Å². The highest BCUT2D eigenvalue weighted by Crippen LogP contribution is 2.30. The maximum atomic E-state index is 12.9. The van der Waals surface area contributed by atoms with Crippen LogP contribution in [0.4, 0.5) is 23.7 Å². The van der Waals surface area contributed by atoms with Crippen LogP contribution in [0.15, 0.2) is 48.5 Å². The Morgan fingerprint density at radius 3 is 2.42 bits per heavy atom. The first-order valence-corrected chi connectivity index (χ1v) is 11.2. The number of hydrogen-bond acceptors (Lipinski definition) is 4. The van der Waals surface area contributed by atoms with Gasteiger partial charge in [-0.2, -0.15) is 21.6 Å². The molecule has 0 saturated heterocycles. The van der Waals surface area contributed by atoms with E-state index in [4.69, 9.17) is 4.18 Å². The zero-order chi connectivity index (χ0) is 23.2. The van der Waals surface area contributed by atoms with E-state index < -0.39 is 27.9 Å². The van der Waals surface area contributed by atoms with Crippen LogP contribution < -0.4 is 9.50 Å². The highest BCUT2D eigenvalue weighted by atomic mass is 32.2. The van der Waals surface area contributed by atoms with Crippen LogP contribution in [-0.2, 0) is 22.8 Å². The van der Waals surface area contributed by atoms with Crippen molar-refractivity contribution in [3.63, 3.8) is 0 Å². The van der Waals surface area contributed by atoms with E-state index in [9.17, 15) is 26.4 Å². The molecule has 0 spiro atoms. The monoisotopic (exact) mass is 458 g/mol. The number of benzene rings is 2. The van der Waals surface area contributed by atoms with Crippen LogP contribution in [0.25, 0.3) is 0 Å². The van der Waals surface area contributed by atoms with E-state index in [1.54, 1.807) is 12.1 Å². The summed E-state index contributed by atoms with van der Waals surface area (Å²) in [7, 11) is -3.69. The summed E-state index contributed by atoms with van der Waals surface area (Å²) in [4.78, 5) is 14.2. The third-order valence-corrected chi connectivity index (χ3v) is 5.32. The lowest BCUT2D eigenvalue weighted by atomic mass is 10.1. The van der Waals surface area contributed by atoms with Crippen molar-refractivity contribution in [3.8, 4) is 5.75 Å². The normalized spacial score (nSPS) is 12.0. The SMILES string of the molecule is CCS(=O)(=O)Oc1cccc(CN(CC(C)C)C(=O)Nc2cccc(C(F)(F)F)c2)c1. The molecule has 2 aromatic carbocycles. The van der Waals surface area contributed by atoms with Crippen molar-refractivity contribution < 1.29 is 30.6 Å². The van der Waals surface area contributed by atoms with E-state index in [1.165, 1.54) is 36.1 Å². The fourth-order valence-electron chi connectivity index (χ4n) is 2.76. The molecule has 6 nitrogen and oxygen atoms in total. The van der Waals surface area contributed by atoms with Crippen molar-refractivity contribution in [1.82, 2.24) is 4.90 Å². The summed E-state index contributed by atoms with van der Waals surface area (Å²) in [6.45, 7) is 5.72. The van der Waals surface area contributed by atoms with Crippen LogP contribution in [0.2, 0.25) is 0 Å². The molecular weight excluding hydrogens is 433 g/mol. The Morgan fingerprint density at radius 2 is 1.81 bits per heavy atom. The molecule has 2 amide bonds. The van der Waals surface area contributed by atoms with Crippen LogP contribution in [0.1, 0.15) is 31.9 Å². The molecular formula is C21H25F3N2O4S. The Balaban J connectivity index is 2.20. The van der Waals surface area contributed by atoms with E-state index in [0.717, 1.165) is 12.1 Å². The second kappa shape index (κ2) is 10.0. The second-order valence-corrected chi connectivity index (χ2v) is 9.22. The van der Waals surface area contributed by atoms with E-state index in [0.29, 0.717) is 12.1 Å². The quantitative estimate of drug-likeness (QED) is 0.557. The fraction of sp³-hybridized carbons (Fsp3) is 0.381. The highest BCUT2D eigenvalue weighted by molar-refractivity contribution is 7.87. The first-order valence-electron chi connectivity index (χ1n) is 9.64. The number of urea groups is 1. The molecule has 0 atom stereocenters. The number of nitrogens with one attached hydrogen (secondary N) is 1. The minimum atomic E-state index is -4.52. The van der Waals surface area contributed by atoms with Crippen LogP contribution in [0, 0.1) is 5.92 Å². The number of amides is 2. The highest BCUT2D eigenvalue weighted by Gasteiger charge is 2.30. The van der Waals surface area contributed by atoms with Crippen molar-refractivity contribution in [1.29, 1.82) is 0 Å². The molecule has 0 saturated carbocycles.